The van der Waals surface area contributed by atoms with Gasteiger partial charge in [-0.05, 0) is 30.7 Å². The average Bonchev–Trinajstić information content (AvgIpc) is 3.38. The molecule has 1 aliphatic rings. The number of benzene rings is 1. The lowest BCUT2D eigenvalue weighted by atomic mass is 10.2. The highest BCUT2D eigenvalue weighted by Gasteiger charge is 2.26. The van der Waals surface area contributed by atoms with Crippen LogP contribution in [0.2, 0.25) is 0 Å². The van der Waals surface area contributed by atoms with Gasteiger partial charge in [0.2, 0.25) is 10.0 Å². The van der Waals surface area contributed by atoms with Gasteiger partial charge in [0.05, 0.1) is 23.8 Å². The minimum absolute atomic E-state index is 0.183. The molecule has 1 saturated heterocycles. The standard InChI is InChI=1S/C21H24N4O6S2/c1-14-17-11-18(32-20(17)24(2)23-14)21(27)31-13-19(26)22-12-15-3-5-16(6-4-15)33(28,29)25-7-9-30-10-8-25/h3-6,11H,7-10,12-13H2,1-2H3,(H,22,26). The highest BCUT2D eigenvalue weighted by molar-refractivity contribution is 7.89. The second kappa shape index (κ2) is 9.59. The van der Waals surface area contributed by atoms with Crippen molar-refractivity contribution < 1.29 is 27.5 Å². The molecule has 4 rings (SSSR count). The maximum Gasteiger partial charge on any atom is 0.348 e. The molecule has 10 nitrogen and oxygen atoms in total. The number of rotatable bonds is 7. The number of fused-ring (bicyclic) bond motifs is 1. The fourth-order valence-electron chi connectivity index (χ4n) is 3.48. The topological polar surface area (TPSA) is 120 Å². The van der Waals surface area contributed by atoms with Crippen LogP contribution < -0.4 is 5.32 Å². The van der Waals surface area contributed by atoms with E-state index in [2.05, 4.69) is 10.4 Å². The first kappa shape index (κ1) is 23.4. The van der Waals surface area contributed by atoms with E-state index >= 15 is 0 Å². The largest absolute Gasteiger partial charge is 0.451 e. The summed E-state index contributed by atoms with van der Waals surface area (Å²) < 4.78 is 38.7. The lowest BCUT2D eigenvalue weighted by Gasteiger charge is -2.26. The summed E-state index contributed by atoms with van der Waals surface area (Å²) in [5, 5.41) is 7.84. The van der Waals surface area contributed by atoms with Crippen LogP contribution in [0.4, 0.5) is 0 Å². The molecular weight excluding hydrogens is 468 g/mol. The van der Waals surface area contributed by atoms with E-state index in [4.69, 9.17) is 9.47 Å². The van der Waals surface area contributed by atoms with Crippen LogP contribution >= 0.6 is 11.3 Å². The molecule has 1 fully saturated rings. The maximum atomic E-state index is 12.7. The molecule has 12 heteroatoms. The monoisotopic (exact) mass is 492 g/mol. The van der Waals surface area contributed by atoms with Crippen LogP contribution in [0.5, 0.6) is 0 Å². The van der Waals surface area contributed by atoms with Gasteiger partial charge >= 0.3 is 5.97 Å². The summed E-state index contributed by atoms with van der Waals surface area (Å²) >= 11 is 1.26. The number of aryl methyl sites for hydroxylation is 2. The van der Waals surface area contributed by atoms with Crippen molar-refractivity contribution in [2.45, 2.75) is 18.4 Å². The van der Waals surface area contributed by atoms with Crippen LogP contribution in [-0.2, 0) is 37.9 Å². The van der Waals surface area contributed by atoms with Crippen molar-refractivity contribution in [2.24, 2.45) is 7.05 Å². The average molecular weight is 493 g/mol. The van der Waals surface area contributed by atoms with Gasteiger partial charge in [0.1, 0.15) is 9.71 Å². The first-order valence-corrected chi connectivity index (χ1v) is 12.5. The molecule has 0 radical (unpaired) electrons. The van der Waals surface area contributed by atoms with Gasteiger partial charge in [0, 0.05) is 32.1 Å². The summed E-state index contributed by atoms with van der Waals surface area (Å²) in [6, 6.07) is 8.05. The van der Waals surface area contributed by atoms with Crippen molar-refractivity contribution in [1.29, 1.82) is 0 Å². The normalized spacial score (nSPS) is 15.0. The number of carbonyl (C=O) groups is 2. The number of amides is 1. The predicted octanol–water partition coefficient (Wildman–Crippen LogP) is 1.44. The lowest BCUT2D eigenvalue weighted by molar-refractivity contribution is -0.124. The number of nitrogens with zero attached hydrogens (tertiary/aromatic N) is 3. The van der Waals surface area contributed by atoms with E-state index in [0.29, 0.717) is 31.2 Å². The van der Waals surface area contributed by atoms with Gasteiger partial charge in [-0.25, -0.2) is 13.2 Å². The van der Waals surface area contributed by atoms with Gasteiger partial charge in [0.25, 0.3) is 5.91 Å². The molecule has 33 heavy (non-hydrogen) atoms. The molecule has 176 valence electrons. The Bertz CT molecular complexity index is 1240. The SMILES string of the molecule is Cc1nn(C)c2sc(C(=O)OCC(=O)NCc3ccc(S(=O)(=O)N4CCOCC4)cc3)cc12. The fraction of sp³-hybridized carbons (Fsp3) is 0.381. The molecule has 0 aliphatic carbocycles. The zero-order chi connectivity index (χ0) is 23.6. The molecule has 0 spiro atoms. The van der Waals surface area contributed by atoms with Crippen molar-refractivity contribution in [3.63, 3.8) is 0 Å². The Kier molecular flexibility index (Phi) is 6.79. The van der Waals surface area contributed by atoms with E-state index in [1.54, 1.807) is 29.9 Å². The fourth-order valence-corrected chi connectivity index (χ4v) is 5.90. The van der Waals surface area contributed by atoms with Crippen LogP contribution in [0.25, 0.3) is 10.2 Å². The zero-order valence-electron chi connectivity index (χ0n) is 18.2. The van der Waals surface area contributed by atoms with Crippen LogP contribution in [0, 0.1) is 6.92 Å². The third-order valence-electron chi connectivity index (χ3n) is 5.25. The maximum absolute atomic E-state index is 12.7. The summed E-state index contributed by atoms with van der Waals surface area (Å²) in [7, 11) is -1.76. The summed E-state index contributed by atoms with van der Waals surface area (Å²) in [4.78, 5) is 25.9. The Balaban J connectivity index is 1.27. The van der Waals surface area contributed by atoms with Crippen LogP contribution in [-0.4, -0.2) is 67.3 Å². The third kappa shape index (κ3) is 5.08. The van der Waals surface area contributed by atoms with E-state index in [0.717, 1.165) is 21.5 Å². The molecule has 1 N–H and O–H groups in total. The minimum Gasteiger partial charge on any atom is -0.451 e. The van der Waals surface area contributed by atoms with Gasteiger partial charge in [0.15, 0.2) is 6.61 Å². The molecule has 1 aliphatic heterocycles. The number of thiophene rings is 1. The Morgan fingerprint density at radius 1 is 1.21 bits per heavy atom. The number of hydrogen-bond donors (Lipinski definition) is 1. The molecular formula is C21H24N4O6S2. The number of ether oxygens (including phenoxy) is 2. The molecule has 0 unspecified atom stereocenters. The summed E-state index contributed by atoms with van der Waals surface area (Å²) in [5.41, 5.74) is 1.55. The zero-order valence-corrected chi connectivity index (χ0v) is 19.9. The van der Waals surface area contributed by atoms with Crippen molar-refractivity contribution in [3.05, 3.63) is 46.5 Å². The number of aromatic nitrogens is 2. The first-order chi connectivity index (χ1) is 15.8. The number of nitrogens with one attached hydrogen (secondary N) is 1. The highest BCUT2D eigenvalue weighted by Crippen LogP contribution is 2.28. The van der Waals surface area contributed by atoms with Crippen molar-refractivity contribution in [1.82, 2.24) is 19.4 Å². The van der Waals surface area contributed by atoms with Gasteiger partial charge < -0.3 is 14.8 Å². The van der Waals surface area contributed by atoms with E-state index in [9.17, 15) is 18.0 Å². The van der Waals surface area contributed by atoms with Gasteiger partial charge in [-0.2, -0.15) is 9.40 Å². The van der Waals surface area contributed by atoms with Crippen molar-refractivity contribution in [3.8, 4) is 0 Å². The predicted molar refractivity (Wildman–Crippen MR) is 121 cm³/mol. The highest BCUT2D eigenvalue weighted by atomic mass is 32.2. The molecule has 0 atom stereocenters. The number of esters is 1. The molecule has 0 saturated carbocycles. The lowest BCUT2D eigenvalue weighted by Crippen LogP contribution is -2.40. The summed E-state index contributed by atoms with van der Waals surface area (Å²) in [6.45, 7) is 3.06. The molecule has 3 aromatic rings. The van der Waals surface area contributed by atoms with Crippen LogP contribution in [0.3, 0.4) is 0 Å². The Hall–Kier alpha value is -2.80. The molecule has 1 amide bonds. The van der Waals surface area contributed by atoms with Crippen molar-refractivity contribution >= 4 is 43.5 Å². The second-order valence-electron chi connectivity index (χ2n) is 7.55. The number of carbonyl (C=O) groups excluding carboxylic acids is 2. The Morgan fingerprint density at radius 3 is 2.58 bits per heavy atom. The van der Waals surface area contributed by atoms with Crippen LogP contribution in [0.1, 0.15) is 20.9 Å². The molecule has 3 heterocycles. The van der Waals surface area contributed by atoms with E-state index < -0.39 is 28.5 Å². The number of hydrogen-bond acceptors (Lipinski definition) is 8. The number of sulfonamides is 1. The first-order valence-electron chi connectivity index (χ1n) is 10.3. The quantitative estimate of drug-likeness (QED) is 0.496. The molecule has 0 bridgehead atoms. The van der Waals surface area contributed by atoms with Gasteiger partial charge in [-0.1, -0.05) is 12.1 Å². The Labute approximate surface area is 195 Å². The molecule has 1 aromatic carbocycles. The van der Waals surface area contributed by atoms with Crippen molar-refractivity contribution in [2.75, 3.05) is 32.9 Å². The third-order valence-corrected chi connectivity index (χ3v) is 8.35. The van der Waals surface area contributed by atoms with Crippen LogP contribution in [0.15, 0.2) is 35.2 Å². The summed E-state index contributed by atoms with van der Waals surface area (Å²) in [6.07, 6.45) is 0. The van der Waals surface area contributed by atoms with E-state index in [-0.39, 0.29) is 11.4 Å². The number of morpholine rings is 1. The second-order valence-corrected chi connectivity index (χ2v) is 10.5. The Morgan fingerprint density at radius 2 is 1.91 bits per heavy atom. The summed E-state index contributed by atoms with van der Waals surface area (Å²) in [5.74, 6) is -1.02. The minimum atomic E-state index is -3.56. The smallest absolute Gasteiger partial charge is 0.348 e. The molecule has 2 aromatic heterocycles. The van der Waals surface area contributed by atoms with E-state index in [1.165, 1.54) is 27.8 Å². The van der Waals surface area contributed by atoms with Gasteiger partial charge in [-0.15, -0.1) is 11.3 Å². The van der Waals surface area contributed by atoms with Gasteiger partial charge in [-0.3, -0.25) is 9.48 Å². The van der Waals surface area contributed by atoms with E-state index in [1.807, 2.05) is 6.92 Å².